The summed E-state index contributed by atoms with van der Waals surface area (Å²) in [6.07, 6.45) is 0. The van der Waals surface area contributed by atoms with E-state index in [1.165, 1.54) is 18.2 Å². The number of hydrogen-bond donors (Lipinski definition) is 1. The number of hydrogen-bond acceptors (Lipinski definition) is 1. The predicted molar refractivity (Wildman–Crippen MR) is 68.2 cm³/mol. The van der Waals surface area contributed by atoms with E-state index < -0.39 is 11.7 Å². The minimum absolute atomic E-state index is 0.0647. The summed E-state index contributed by atoms with van der Waals surface area (Å²) in [4.78, 5) is 11.7. The van der Waals surface area contributed by atoms with Gasteiger partial charge >= 0.3 is 0 Å². The Labute approximate surface area is 110 Å². The van der Waals surface area contributed by atoms with Crippen LogP contribution in [0.3, 0.4) is 0 Å². The van der Waals surface area contributed by atoms with Crippen LogP contribution in [0, 0.1) is 11.7 Å². The van der Waals surface area contributed by atoms with Gasteiger partial charge in [0.15, 0.2) is 5.82 Å². The first-order valence-corrected chi connectivity index (χ1v) is 6.11. The van der Waals surface area contributed by atoms with Crippen molar-refractivity contribution in [1.29, 1.82) is 0 Å². The maximum atomic E-state index is 13.5. The SMILES string of the molecule is CC(C)C(Cl)CNC(=O)c1cccc(Cl)c1F. The molecule has 0 aliphatic heterocycles. The normalized spacial score (nSPS) is 12.6. The highest BCUT2D eigenvalue weighted by molar-refractivity contribution is 6.31. The Hall–Kier alpha value is -0.800. The van der Waals surface area contributed by atoms with Crippen LogP contribution in [-0.2, 0) is 0 Å². The third-order valence-electron chi connectivity index (χ3n) is 2.38. The summed E-state index contributed by atoms with van der Waals surface area (Å²) in [7, 11) is 0. The molecule has 1 atom stereocenters. The fourth-order valence-corrected chi connectivity index (χ4v) is 1.45. The summed E-state index contributed by atoms with van der Waals surface area (Å²) >= 11 is 11.6. The van der Waals surface area contributed by atoms with Crippen molar-refractivity contribution in [2.45, 2.75) is 19.2 Å². The summed E-state index contributed by atoms with van der Waals surface area (Å²) < 4.78 is 13.5. The van der Waals surface area contributed by atoms with E-state index in [2.05, 4.69) is 5.32 Å². The lowest BCUT2D eigenvalue weighted by Gasteiger charge is -2.14. The van der Waals surface area contributed by atoms with E-state index in [1.54, 1.807) is 0 Å². The number of carbonyl (C=O) groups excluding carboxylic acids is 1. The Morgan fingerprint density at radius 2 is 2.12 bits per heavy atom. The van der Waals surface area contributed by atoms with Crippen molar-refractivity contribution in [2.75, 3.05) is 6.54 Å². The van der Waals surface area contributed by atoms with Crippen LogP contribution < -0.4 is 5.32 Å². The van der Waals surface area contributed by atoms with E-state index in [1.807, 2.05) is 13.8 Å². The van der Waals surface area contributed by atoms with E-state index in [0.29, 0.717) is 6.54 Å². The number of nitrogens with one attached hydrogen (secondary N) is 1. The number of alkyl halides is 1. The number of rotatable bonds is 4. The standard InChI is InChI=1S/C12H14Cl2FNO/c1-7(2)10(14)6-16-12(17)8-4-3-5-9(13)11(8)15/h3-5,7,10H,6H2,1-2H3,(H,16,17). The van der Waals surface area contributed by atoms with Crippen molar-refractivity contribution in [1.82, 2.24) is 5.32 Å². The molecule has 0 heterocycles. The van der Waals surface area contributed by atoms with E-state index in [9.17, 15) is 9.18 Å². The third kappa shape index (κ3) is 3.86. The summed E-state index contributed by atoms with van der Waals surface area (Å²) in [5.41, 5.74) is -0.0647. The summed E-state index contributed by atoms with van der Waals surface area (Å²) in [6.45, 7) is 4.19. The minimum Gasteiger partial charge on any atom is -0.350 e. The van der Waals surface area contributed by atoms with Gasteiger partial charge in [-0.25, -0.2) is 4.39 Å². The molecule has 1 N–H and O–H groups in total. The van der Waals surface area contributed by atoms with Gasteiger partial charge in [-0.05, 0) is 18.1 Å². The number of carbonyl (C=O) groups is 1. The average Bonchev–Trinajstić information content (AvgIpc) is 2.29. The molecule has 1 amide bonds. The van der Waals surface area contributed by atoms with Crippen molar-refractivity contribution in [2.24, 2.45) is 5.92 Å². The van der Waals surface area contributed by atoms with Gasteiger partial charge in [0.05, 0.1) is 16.0 Å². The van der Waals surface area contributed by atoms with Crippen molar-refractivity contribution in [3.8, 4) is 0 Å². The molecule has 0 spiro atoms. The van der Waals surface area contributed by atoms with Crippen LogP contribution in [0.2, 0.25) is 5.02 Å². The molecule has 1 rings (SSSR count). The van der Waals surface area contributed by atoms with Crippen LogP contribution in [-0.4, -0.2) is 17.8 Å². The van der Waals surface area contributed by atoms with Crippen LogP contribution in [0.5, 0.6) is 0 Å². The predicted octanol–water partition coefficient (Wildman–Crippen LogP) is 3.47. The van der Waals surface area contributed by atoms with Crippen LogP contribution in [0.4, 0.5) is 4.39 Å². The Kier molecular flexibility index (Phi) is 5.22. The highest BCUT2D eigenvalue weighted by atomic mass is 35.5. The van der Waals surface area contributed by atoms with Gasteiger partial charge in [-0.3, -0.25) is 4.79 Å². The first-order chi connectivity index (χ1) is 7.93. The lowest BCUT2D eigenvalue weighted by atomic mass is 10.1. The molecule has 0 saturated carbocycles. The van der Waals surface area contributed by atoms with Crippen LogP contribution in [0.1, 0.15) is 24.2 Å². The second-order valence-corrected chi connectivity index (χ2v) is 5.04. The highest BCUT2D eigenvalue weighted by Gasteiger charge is 2.16. The molecule has 0 radical (unpaired) electrons. The second-order valence-electron chi connectivity index (χ2n) is 4.07. The van der Waals surface area contributed by atoms with Gasteiger partial charge in [0.25, 0.3) is 5.91 Å². The fourth-order valence-electron chi connectivity index (χ4n) is 1.20. The van der Waals surface area contributed by atoms with Gasteiger partial charge in [-0.15, -0.1) is 11.6 Å². The van der Waals surface area contributed by atoms with Gasteiger partial charge in [-0.1, -0.05) is 31.5 Å². The highest BCUT2D eigenvalue weighted by Crippen LogP contribution is 2.17. The first-order valence-electron chi connectivity index (χ1n) is 5.29. The molecule has 1 aromatic rings. The quantitative estimate of drug-likeness (QED) is 0.839. The topological polar surface area (TPSA) is 29.1 Å². The van der Waals surface area contributed by atoms with E-state index in [0.717, 1.165) is 0 Å². The number of benzene rings is 1. The smallest absolute Gasteiger partial charge is 0.254 e. The molecule has 0 aliphatic rings. The first kappa shape index (κ1) is 14.3. The molecule has 1 aromatic carbocycles. The largest absolute Gasteiger partial charge is 0.350 e. The Morgan fingerprint density at radius 1 is 1.47 bits per heavy atom. The van der Waals surface area contributed by atoms with Gasteiger partial charge < -0.3 is 5.32 Å². The van der Waals surface area contributed by atoms with Crippen LogP contribution in [0.15, 0.2) is 18.2 Å². The molecule has 0 saturated heterocycles. The van der Waals surface area contributed by atoms with Gasteiger partial charge in [-0.2, -0.15) is 0 Å². The zero-order chi connectivity index (χ0) is 13.0. The molecular formula is C12H14Cl2FNO. The van der Waals surface area contributed by atoms with E-state index in [4.69, 9.17) is 23.2 Å². The van der Waals surface area contributed by atoms with Crippen LogP contribution >= 0.6 is 23.2 Å². The Bertz CT molecular complexity index is 409. The zero-order valence-electron chi connectivity index (χ0n) is 9.64. The molecule has 2 nitrogen and oxygen atoms in total. The van der Waals surface area contributed by atoms with E-state index >= 15 is 0 Å². The molecular weight excluding hydrogens is 264 g/mol. The molecule has 5 heteroatoms. The summed E-state index contributed by atoms with van der Waals surface area (Å²) in [5.74, 6) is -0.972. The Morgan fingerprint density at radius 3 is 2.71 bits per heavy atom. The minimum atomic E-state index is -0.706. The van der Waals surface area contributed by atoms with Crippen LogP contribution in [0.25, 0.3) is 0 Å². The average molecular weight is 278 g/mol. The van der Waals surface area contributed by atoms with Crippen molar-refractivity contribution >= 4 is 29.1 Å². The van der Waals surface area contributed by atoms with Gasteiger partial charge in [0.1, 0.15) is 0 Å². The number of amides is 1. The van der Waals surface area contributed by atoms with E-state index in [-0.39, 0.29) is 21.9 Å². The third-order valence-corrected chi connectivity index (χ3v) is 3.33. The molecule has 17 heavy (non-hydrogen) atoms. The zero-order valence-corrected chi connectivity index (χ0v) is 11.1. The molecule has 1 unspecified atom stereocenters. The maximum Gasteiger partial charge on any atom is 0.254 e. The lowest BCUT2D eigenvalue weighted by Crippen LogP contribution is -2.32. The summed E-state index contributed by atoms with van der Waals surface area (Å²) in [5, 5.41) is 2.33. The monoisotopic (exact) mass is 277 g/mol. The van der Waals surface area contributed by atoms with Crippen molar-refractivity contribution in [3.63, 3.8) is 0 Å². The molecule has 0 aromatic heterocycles. The second kappa shape index (κ2) is 6.22. The molecule has 94 valence electrons. The molecule has 0 fully saturated rings. The number of halogens is 3. The maximum absolute atomic E-state index is 13.5. The Balaban J connectivity index is 2.68. The molecule has 0 bridgehead atoms. The lowest BCUT2D eigenvalue weighted by molar-refractivity contribution is 0.0948. The van der Waals surface area contributed by atoms with Gasteiger partial charge in [0, 0.05) is 6.54 Å². The van der Waals surface area contributed by atoms with Gasteiger partial charge in [0.2, 0.25) is 0 Å². The molecule has 0 aliphatic carbocycles. The van der Waals surface area contributed by atoms with Crippen molar-refractivity contribution in [3.05, 3.63) is 34.6 Å². The summed E-state index contributed by atoms with van der Waals surface area (Å²) in [6, 6.07) is 4.31. The fraction of sp³-hybridized carbons (Fsp3) is 0.417. The van der Waals surface area contributed by atoms with Crippen molar-refractivity contribution < 1.29 is 9.18 Å².